The van der Waals surface area contributed by atoms with Crippen molar-refractivity contribution in [2.24, 2.45) is 0 Å². The molecule has 0 atom stereocenters. The molecule has 0 aliphatic carbocycles. The van der Waals surface area contributed by atoms with Crippen LogP contribution in [0.1, 0.15) is 16.1 Å². The predicted octanol–water partition coefficient (Wildman–Crippen LogP) is 2.82. The SMILES string of the molecule is COc1ccc(NC(=O)CN(C)C(=O)c2cc(=O)c3cc(C)ccc3o2)cc1. The van der Waals surface area contributed by atoms with Crippen LogP contribution in [0.25, 0.3) is 11.0 Å². The number of methoxy groups -OCH3 is 1. The Morgan fingerprint density at radius 2 is 1.82 bits per heavy atom. The van der Waals surface area contributed by atoms with Crippen LogP contribution in [0.3, 0.4) is 0 Å². The first kappa shape index (κ1) is 19.2. The number of carbonyl (C=O) groups is 2. The number of likely N-dealkylation sites (N-methyl/N-ethyl adjacent to an activating group) is 1. The van der Waals surface area contributed by atoms with Crippen LogP contribution in [-0.4, -0.2) is 37.4 Å². The molecule has 0 radical (unpaired) electrons. The molecule has 1 aromatic heterocycles. The number of hydrogen-bond donors (Lipinski definition) is 1. The highest BCUT2D eigenvalue weighted by Gasteiger charge is 2.19. The molecule has 1 N–H and O–H groups in total. The van der Waals surface area contributed by atoms with Gasteiger partial charge in [-0.15, -0.1) is 0 Å². The highest BCUT2D eigenvalue weighted by atomic mass is 16.5. The molecular weight excluding hydrogens is 360 g/mol. The number of benzene rings is 2. The minimum Gasteiger partial charge on any atom is -0.497 e. The molecule has 7 heteroatoms. The minimum absolute atomic E-state index is 0.110. The van der Waals surface area contributed by atoms with Gasteiger partial charge in [0.1, 0.15) is 11.3 Å². The largest absolute Gasteiger partial charge is 0.497 e. The lowest BCUT2D eigenvalue weighted by Crippen LogP contribution is -2.35. The Bertz CT molecular complexity index is 1090. The van der Waals surface area contributed by atoms with Crippen LogP contribution < -0.4 is 15.5 Å². The molecular formula is C21H20N2O5. The summed E-state index contributed by atoms with van der Waals surface area (Å²) < 4.78 is 10.6. The second kappa shape index (κ2) is 7.96. The summed E-state index contributed by atoms with van der Waals surface area (Å²) in [5, 5.41) is 3.11. The van der Waals surface area contributed by atoms with E-state index in [1.54, 1.807) is 49.6 Å². The van der Waals surface area contributed by atoms with Crippen molar-refractivity contribution in [2.45, 2.75) is 6.92 Å². The van der Waals surface area contributed by atoms with Crippen LogP contribution in [0.4, 0.5) is 5.69 Å². The number of amides is 2. The van der Waals surface area contributed by atoms with Crippen molar-refractivity contribution in [3.63, 3.8) is 0 Å². The lowest BCUT2D eigenvalue weighted by molar-refractivity contribution is -0.116. The molecule has 0 spiro atoms. The van der Waals surface area contributed by atoms with Gasteiger partial charge in [0, 0.05) is 18.8 Å². The summed E-state index contributed by atoms with van der Waals surface area (Å²) in [6, 6.07) is 13.1. The smallest absolute Gasteiger partial charge is 0.289 e. The summed E-state index contributed by atoms with van der Waals surface area (Å²) in [5.41, 5.74) is 1.53. The Labute approximate surface area is 161 Å². The summed E-state index contributed by atoms with van der Waals surface area (Å²) in [6.07, 6.45) is 0. The number of nitrogens with zero attached hydrogens (tertiary/aromatic N) is 1. The van der Waals surface area contributed by atoms with Gasteiger partial charge < -0.3 is 19.4 Å². The van der Waals surface area contributed by atoms with Gasteiger partial charge in [0.25, 0.3) is 5.91 Å². The number of carbonyl (C=O) groups excluding carboxylic acids is 2. The fourth-order valence-corrected chi connectivity index (χ4v) is 2.73. The van der Waals surface area contributed by atoms with Crippen molar-refractivity contribution >= 4 is 28.5 Å². The zero-order valence-electron chi connectivity index (χ0n) is 15.8. The van der Waals surface area contributed by atoms with Gasteiger partial charge in [0.2, 0.25) is 5.91 Å². The Morgan fingerprint density at radius 3 is 2.50 bits per heavy atom. The van der Waals surface area contributed by atoms with E-state index in [9.17, 15) is 14.4 Å². The van der Waals surface area contributed by atoms with E-state index < -0.39 is 5.91 Å². The topological polar surface area (TPSA) is 88.9 Å². The molecule has 0 aliphatic heterocycles. The van der Waals surface area contributed by atoms with Gasteiger partial charge in [0.15, 0.2) is 11.2 Å². The number of rotatable bonds is 5. The highest BCUT2D eigenvalue weighted by Crippen LogP contribution is 2.16. The van der Waals surface area contributed by atoms with Crippen LogP contribution in [0.15, 0.2) is 57.7 Å². The van der Waals surface area contributed by atoms with E-state index in [1.165, 1.54) is 11.9 Å². The first-order valence-corrected chi connectivity index (χ1v) is 8.61. The molecule has 144 valence electrons. The Balaban J connectivity index is 1.71. The van der Waals surface area contributed by atoms with Crippen molar-refractivity contribution in [3.05, 3.63) is 70.1 Å². The second-order valence-electron chi connectivity index (χ2n) is 6.41. The number of ether oxygens (including phenoxy) is 1. The standard InChI is InChI=1S/C21H20N2O5/c1-13-4-9-18-16(10-13)17(24)11-19(28-18)21(26)23(2)12-20(25)22-14-5-7-15(27-3)8-6-14/h4-11H,12H2,1-3H3,(H,22,25). The molecule has 7 nitrogen and oxygen atoms in total. The Morgan fingerprint density at radius 1 is 1.11 bits per heavy atom. The molecule has 28 heavy (non-hydrogen) atoms. The quantitative estimate of drug-likeness (QED) is 0.735. The number of fused-ring (bicyclic) bond motifs is 1. The normalized spacial score (nSPS) is 10.5. The van der Waals surface area contributed by atoms with Crippen LogP contribution >= 0.6 is 0 Å². The summed E-state index contributed by atoms with van der Waals surface area (Å²) in [7, 11) is 3.02. The average molecular weight is 380 g/mol. The van der Waals surface area contributed by atoms with Gasteiger partial charge in [-0.3, -0.25) is 14.4 Å². The molecule has 0 saturated heterocycles. The monoisotopic (exact) mass is 380 g/mol. The van der Waals surface area contributed by atoms with Crippen LogP contribution in [-0.2, 0) is 4.79 Å². The van der Waals surface area contributed by atoms with Gasteiger partial charge in [-0.05, 0) is 43.3 Å². The number of aryl methyl sites for hydroxylation is 1. The molecule has 3 aromatic rings. The van der Waals surface area contributed by atoms with Gasteiger partial charge in [-0.1, -0.05) is 11.6 Å². The maximum atomic E-state index is 12.6. The van der Waals surface area contributed by atoms with E-state index >= 15 is 0 Å². The molecule has 2 amide bonds. The van der Waals surface area contributed by atoms with Crippen molar-refractivity contribution in [1.82, 2.24) is 4.90 Å². The molecule has 2 aromatic carbocycles. The van der Waals surface area contributed by atoms with Crippen molar-refractivity contribution in [1.29, 1.82) is 0 Å². The zero-order chi connectivity index (χ0) is 20.3. The third kappa shape index (κ3) is 4.20. The van der Waals surface area contributed by atoms with E-state index in [-0.39, 0.29) is 23.6 Å². The fourth-order valence-electron chi connectivity index (χ4n) is 2.73. The lowest BCUT2D eigenvalue weighted by atomic mass is 10.1. The molecule has 1 heterocycles. The minimum atomic E-state index is -0.551. The Kier molecular flexibility index (Phi) is 5.44. The molecule has 0 fully saturated rings. The predicted molar refractivity (Wildman–Crippen MR) is 106 cm³/mol. The maximum absolute atomic E-state index is 12.6. The van der Waals surface area contributed by atoms with Gasteiger partial charge in [-0.2, -0.15) is 0 Å². The van der Waals surface area contributed by atoms with Gasteiger partial charge in [0.05, 0.1) is 19.0 Å². The van der Waals surface area contributed by atoms with Gasteiger partial charge >= 0.3 is 0 Å². The fraction of sp³-hybridized carbons (Fsp3) is 0.190. The summed E-state index contributed by atoms with van der Waals surface area (Å²) in [5.74, 6) is -0.364. The number of anilines is 1. The third-order valence-corrected chi connectivity index (χ3v) is 4.19. The third-order valence-electron chi connectivity index (χ3n) is 4.19. The van der Waals surface area contributed by atoms with Crippen molar-refractivity contribution in [2.75, 3.05) is 26.0 Å². The van der Waals surface area contributed by atoms with E-state index in [4.69, 9.17) is 9.15 Å². The van der Waals surface area contributed by atoms with Crippen LogP contribution in [0.5, 0.6) is 5.75 Å². The highest BCUT2D eigenvalue weighted by molar-refractivity contribution is 5.98. The van der Waals surface area contributed by atoms with Gasteiger partial charge in [-0.25, -0.2) is 0 Å². The zero-order valence-corrected chi connectivity index (χ0v) is 15.8. The average Bonchev–Trinajstić information content (AvgIpc) is 2.68. The molecule has 0 bridgehead atoms. The number of hydrogen-bond acceptors (Lipinski definition) is 5. The summed E-state index contributed by atoms with van der Waals surface area (Å²) >= 11 is 0. The van der Waals surface area contributed by atoms with Crippen molar-refractivity contribution in [3.8, 4) is 5.75 Å². The lowest BCUT2D eigenvalue weighted by Gasteiger charge is -2.16. The van der Waals surface area contributed by atoms with Crippen LogP contribution in [0.2, 0.25) is 0 Å². The first-order valence-electron chi connectivity index (χ1n) is 8.61. The molecule has 0 saturated carbocycles. The molecule has 3 rings (SSSR count). The number of nitrogens with one attached hydrogen (secondary N) is 1. The molecule has 0 aliphatic rings. The Hall–Kier alpha value is -3.61. The second-order valence-corrected chi connectivity index (χ2v) is 6.41. The first-order chi connectivity index (χ1) is 13.4. The van der Waals surface area contributed by atoms with E-state index in [0.29, 0.717) is 22.4 Å². The summed E-state index contributed by atoms with van der Waals surface area (Å²) in [4.78, 5) is 38.2. The maximum Gasteiger partial charge on any atom is 0.289 e. The van der Waals surface area contributed by atoms with E-state index in [0.717, 1.165) is 11.6 Å². The van der Waals surface area contributed by atoms with Crippen molar-refractivity contribution < 1.29 is 18.7 Å². The van der Waals surface area contributed by atoms with Crippen LogP contribution in [0, 0.1) is 6.92 Å². The summed E-state index contributed by atoms with van der Waals surface area (Å²) in [6.45, 7) is 1.67. The van der Waals surface area contributed by atoms with E-state index in [1.807, 2.05) is 6.92 Å². The molecule has 0 unspecified atom stereocenters. The van der Waals surface area contributed by atoms with E-state index in [2.05, 4.69) is 5.32 Å².